The fraction of sp³-hybridized carbons (Fsp3) is 0.483. The van der Waals surface area contributed by atoms with Gasteiger partial charge in [0.05, 0.1) is 11.1 Å². The van der Waals surface area contributed by atoms with Gasteiger partial charge in [-0.1, -0.05) is 119 Å². The number of carbonyl (C=O) groups is 4. The SMILES string of the molecule is CCCCCCc1ccc(-c2ccc(-c3cc4c5c(c(-c6ccc(-c7ccc(CCCCCC)s7)s6)cc6c5c3C(=O)N(CC(CC)CCCC)C6=O)C(=O)N(CC(CC)CCCC)C4=O)s2)s1. The molecule has 10 heteroatoms. The van der Waals surface area contributed by atoms with Gasteiger partial charge in [0.2, 0.25) is 0 Å². The molecule has 2 atom stereocenters. The van der Waals surface area contributed by atoms with E-state index < -0.39 is 0 Å². The molecule has 0 fully saturated rings. The van der Waals surface area contributed by atoms with Gasteiger partial charge in [0.1, 0.15) is 0 Å². The molecule has 2 aromatic carbocycles. The third kappa shape index (κ3) is 10.5. The highest BCUT2D eigenvalue weighted by Gasteiger charge is 2.44. The molecule has 360 valence electrons. The van der Waals surface area contributed by atoms with Crippen molar-refractivity contribution in [3.63, 3.8) is 0 Å². The van der Waals surface area contributed by atoms with Crippen molar-refractivity contribution in [1.29, 1.82) is 0 Å². The first-order valence-electron chi connectivity index (χ1n) is 25.9. The molecule has 0 bridgehead atoms. The molecule has 0 saturated carbocycles. The summed E-state index contributed by atoms with van der Waals surface area (Å²) in [5.74, 6) is -1.06. The summed E-state index contributed by atoms with van der Waals surface area (Å²) in [7, 11) is 0. The molecule has 0 radical (unpaired) electrons. The minimum absolute atomic E-state index is 0.154. The lowest BCUT2D eigenvalue weighted by molar-refractivity contribution is 0.0559. The molecule has 4 aromatic heterocycles. The maximum absolute atomic E-state index is 15.4. The van der Waals surface area contributed by atoms with Crippen LogP contribution in [0.5, 0.6) is 0 Å². The maximum atomic E-state index is 15.4. The maximum Gasteiger partial charge on any atom is 0.262 e. The lowest BCUT2D eigenvalue weighted by Gasteiger charge is -2.36. The van der Waals surface area contributed by atoms with Crippen molar-refractivity contribution in [2.75, 3.05) is 13.1 Å². The van der Waals surface area contributed by atoms with E-state index in [4.69, 9.17) is 0 Å². The van der Waals surface area contributed by atoms with E-state index in [1.165, 1.54) is 80.7 Å². The Morgan fingerprint density at radius 2 is 0.765 bits per heavy atom. The third-order valence-corrected chi connectivity index (χ3v) is 19.3. The van der Waals surface area contributed by atoms with Crippen LogP contribution in [-0.4, -0.2) is 46.5 Å². The number of nitrogens with zero attached hydrogens (tertiary/aromatic N) is 2. The van der Waals surface area contributed by atoms with Crippen LogP contribution in [0.25, 0.3) is 51.2 Å². The lowest BCUT2D eigenvalue weighted by Crippen LogP contribution is -2.46. The van der Waals surface area contributed by atoms with Gasteiger partial charge in [-0.2, -0.15) is 0 Å². The van der Waals surface area contributed by atoms with Gasteiger partial charge in [-0.25, -0.2) is 0 Å². The Labute approximate surface area is 421 Å². The van der Waals surface area contributed by atoms with Crippen LogP contribution in [0.1, 0.15) is 195 Å². The monoisotopic (exact) mass is 986 g/mol. The van der Waals surface area contributed by atoms with E-state index in [0.29, 0.717) is 57.2 Å². The second kappa shape index (κ2) is 23.1. The summed E-state index contributed by atoms with van der Waals surface area (Å²) in [5, 5.41) is 0.901. The molecule has 6 aromatic rings. The van der Waals surface area contributed by atoms with Gasteiger partial charge in [0.15, 0.2) is 0 Å². The molecular weight excluding hydrogens is 917 g/mol. The minimum Gasteiger partial charge on any atom is -0.274 e. The zero-order valence-electron chi connectivity index (χ0n) is 41.2. The predicted molar refractivity (Wildman–Crippen MR) is 290 cm³/mol. The number of amides is 4. The van der Waals surface area contributed by atoms with E-state index in [1.807, 2.05) is 34.8 Å². The Bertz CT molecular complexity index is 2560. The number of rotatable bonds is 26. The fourth-order valence-corrected chi connectivity index (χ4v) is 14.5. The smallest absolute Gasteiger partial charge is 0.262 e. The number of hydrogen-bond acceptors (Lipinski definition) is 8. The summed E-state index contributed by atoms with van der Waals surface area (Å²) < 4.78 is 0. The van der Waals surface area contributed by atoms with E-state index in [2.05, 4.69) is 90.1 Å². The summed E-state index contributed by atoms with van der Waals surface area (Å²) in [4.78, 5) is 73.2. The number of thiophene rings is 4. The second-order valence-electron chi connectivity index (χ2n) is 19.2. The third-order valence-electron chi connectivity index (χ3n) is 14.3. The summed E-state index contributed by atoms with van der Waals surface area (Å²) >= 11 is 6.91. The van der Waals surface area contributed by atoms with Gasteiger partial charge in [-0.15, -0.1) is 45.3 Å². The molecule has 68 heavy (non-hydrogen) atoms. The first-order chi connectivity index (χ1) is 33.1. The Morgan fingerprint density at radius 1 is 0.397 bits per heavy atom. The molecule has 0 spiro atoms. The molecule has 0 aliphatic carbocycles. The van der Waals surface area contributed by atoms with Crippen molar-refractivity contribution in [1.82, 2.24) is 9.80 Å². The van der Waals surface area contributed by atoms with Crippen LogP contribution in [-0.2, 0) is 12.8 Å². The standard InChI is InChI=1S/C58H70N2O4S4/c1-7-13-17-19-23-39-25-27-47(65-39)49-31-29-45(67-49)41-33-43-52-51-44(56(62)59(57(63)53(41)51)35-37(11-5)21-15-9-3)34-42(54(52)58(64)60(55(43)61)36-38(12-6)22-16-10-4)46-30-32-50(68-46)48-28-26-40(66-48)24-20-18-14-8-2/h25-34,37-38H,7-24,35-36H2,1-6H3. The lowest BCUT2D eigenvalue weighted by atomic mass is 9.80. The molecular formula is C58H70N2O4S4. The van der Waals surface area contributed by atoms with E-state index in [1.54, 1.807) is 22.7 Å². The van der Waals surface area contributed by atoms with E-state index in [-0.39, 0.29) is 35.5 Å². The molecule has 0 saturated heterocycles. The van der Waals surface area contributed by atoms with Crippen molar-refractivity contribution in [2.24, 2.45) is 11.8 Å². The normalized spacial score (nSPS) is 14.6. The van der Waals surface area contributed by atoms with Gasteiger partial charge in [0.25, 0.3) is 23.6 Å². The fourth-order valence-electron chi connectivity index (χ4n) is 10.2. The summed E-state index contributed by atoms with van der Waals surface area (Å²) in [5.41, 5.74) is 2.96. The molecule has 2 unspecified atom stereocenters. The number of benzene rings is 2. The van der Waals surface area contributed by atoms with Gasteiger partial charge in [-0.3, -0.25) is 29.0 Å². The molecule has 8 rings (SSSR count). The average Bonchev–Trinajstić information content (AvgIpc) is 4.20. The largest absolute Gasteiger partial charge is 0.274 e. The van der Waals surface area contributed by atoms with Crippen LogP contribution in [0.4, 0.5) is 0 Å². The van der Waals surface area contributed by atoms with Crippen LogP contribution in [0.2, 0.25) is 0 Å². The van der Waals surface area contributed by atoms with Gasteiger partial charge >= 0.3 is 0 Å². The second-order valence-corrected chi connectivity index (χ2v) is 23.7. The zero-order chi connectivity index (χ0) is 47.9. The highest BCUT2D eigenvalue weighted by Crippen LogP contribution is 2.50. The van der Waals surface area contributed by atoms with Crippen molar-refractivity contribution in [2.45, 2.75) is 157 Å². The van der Waals surface area contributed by atoms with Gasteiger partial charge < -0.3 is 0 Å². The topological polar surface area (TPSA) is 74.8 Å². The number of hydrogen-bond donors (Lipinski definition) is 0. The van der Waals surface area contributed by atoms with Crippen molar-refractivity contribution >= 4 is 79.7 Å². The first-order valence-corrected chi connectivity index (χ1v) is 29.2. The minimum atomic E-state index is -0.346. The summed E-state index contributed by atoms with van der Waals surface area (Å²) in [6.45, 7) is 13.8. The van der Waals surface area contributed by atoms with Crippen LogP contribution in [0.15, 0.2) is 60.7 Å². The Balaban J connectivity index is 1.30. The molecule has 6 nitrogen and oxygen atoms in total. The van der Waals surface area contributed by atoms with Gasteiger partial charge in [0, 0.05) is 85.1 Å². The van der Waals surface area contributed by atoms with Crippen LogP contribution in [0.3, 0.4) is 0 Å². The molecule has 0 N–H and O–H groups in total. The number of carbonyl (C=O) groups excluding carboxylic acids is 4. The Kier molecular flexibility index (Phi) is 17.1. The average molecular weight is 987 g/mol. The quantitative estimate of drug-likeness (QED) is 0.0401. The summed E-state index contributed by atoms with van der Waals surface area (Å²) in [6.07, 6.45) is 19.6. The highest BCUT2D eigenvalue weighted by molar-refractivity contribution is 7.24. The number of unbranched alkanes of at least 4 members (excludes halogenated alkanes) is 8. The van der Waals surface area contributed by atoms with Crippen LogP contribution in [0, 0.1) is 11.8 Å². The van der Waals surface area contributed by atoms with Gasteiger partial charge in [-0.05, 0) is 111 Å². The Hall–Kier alpha value is -4.22. The number of aryl methyl sites for hydroxylation is 2. The van der Waals surface area contributed by atoms with Crippen molar-refractivity contribution < 1.29 is 19.2 Å². The molecule has 4 amide bonds. The highest BCUT2D eigenvalue weighted by atomic mass is 32.1. The Morgan fingerprint density at radius 3 is 1.15 bits per heavy atom. The first kappa shape index (κ1) is 50.2. The van der Waals surface area contributed by atoms with E-state index in [0.717, 1.165) is 83.7 Å². The zero-order valence-corrected chi connectivity index (χ0v) is 44.5. The van der Waals surface area contributed by atoms with Crippen molar-refractivity contribution in [3.05, 3.63) is 92.7 Å². The van der Waals surface area contributed by atoms with Crippen molar-refractivity contribution in [3.8, 4) is 40.4 Å². The summed E-state index contributed by atoms with van der Waals surface area (Å²) in [6, 6.07) is 21.1. The van der Waals surface area contributed by atoms with Crippen LogP contribution >= 0.6 is 45.3 Å². The molecule has 2 aliphatic heterocycles. The van der Waals surface area contributed by atoms with E-state index >= 15 is 19.2 Å². The van der Waals surface area contributed by atoms with Crippen LogP contribution < -0.4 is 0 Å². The number of imide groups is 2. The molecule has 2 aliphatic rings. The molecule has 6 heterocycles. The van der Waals surface area contributed by atoms with E-state index in [9.17, 15) is 0 Å². The predicted octanol–water partition coefficient (Wildman–Crippen LogP) is 17.6.